The monoisotopic (exact) mass is 788 g/mol. The Morgan fingerprint density at radius 1 is 0.712 bits per heavy atom. The van der Waals surface area contributed by atoms with Crippen LogP contribution >= 0.6 is 46.4 Å². The molecule has 8 nitrogen and oxygen atoms in total. The molecule has 0 aromatic heterocycles. The summed E-state index contributed by atoms with van der Waals surface area (Å²) in [7, 11) is 0. The minimum absolute atomic E-state index is 0.0306. The van der Waals surface area contributed by atoms with Gasteiger partial charge in [0, 0.05) is 36.8 Å². The summed E-state index contributed by atoms with van der Waals surface area (Å²) in [6, 6.07) is 23.3. The first kappa shape index (κ1) is 40.9. The van der Waals surface area contributed by atoms with Crippen LogP contribution in [0.1, 0.15) is 68.2 Å². The third kappa shape index (κ3) is 14.0. The van der Waals surface area contributed by atoms with Crippen molar-refractivity contribution in [1.29, 1.82) is 0 Å². The second-order valence-corrected chi connectivity index (χ2v) is 14.4. The van der Waals surface area contributed by atoms with Crippen molar-refractivity contribution in [2.45, 2.75) is 78.0 Å². The molecule has 4 N–H and O–H groups in total. The number of aryl methyl sites for hydroxylation is 2. The van der Waals surface area contributed by atoms with Crippen LogP contribution in [0.2, 0.25) is 20.1 Å². The van der Waals surface area contributed by atoms with Crippen LogP contribution in [0, 0.1) is 5.92 Å². The Hall–Kier alpha value is -3.82. The highest BCUT2D eigenvalue weighted by Crippen LogP contribution is 2.37. The summed E-state index contributed by atoms with van der Waals surface area (Å²) in [5.41, 5.74) is 5.70. The summed E-state index contributed by atoms with van der Waals surface area (Å²) >= 11 is 25.1. The highest BCUT2D eigenvalue weighted by atomic mass is 35.5. The van der Waals surface area contributed by atoms with Crippen LogP contribution in [0.5, 0.6) is 11.5 Å². The van der Waals surface area contributed by atoms with E-state index in [0.717, 1.165) is 52.5 Å². The molecule has 0 heterocycles. The maximum absolute atomic E-state index is 10.7. The van der Waals surface area contributed by atoms with Gasteiger partial charge in [-0.15, -0.1) is 0 Å². The fraction of sp³-hybridized carbons (Fsp3) is 0.350. The smallest absolute Gasteiger partial charge is 0.303 e. The molecule has 0 amide bonds. The molecule has 0 aliphatic heterocycles. The van der Waals surface area contributed by atoms with Crippen molar-refractivity contribution in [3.8, 4) is 11.5 Å². The second kappa shape index (κ2) is 20.4. The molecule has 52 heavy (non-hydrogen) atoms. The van der Waals surface area contributed by atoms with E-state index in [1.165, 1.54) is 12.8 Å². The fourth-order valence-electron chi connectivity index (χ4n) is 5.10. The van der Waals surface area contributed by atoms with Crippen molar-refractivity contribution in [2.24, 2.45) is 5.92 Å². The average Bonchev–Trinajstić information content (AvgIpc) is 3.94. The molecule has 1 fully saturated rings. The van der Waals surface area contributed by atoms with Crippen LogP contribution in [-0.2, 0) is 35.6 Å². The molecule has 12 heteroatoms. The lowest BCUT2D eigenvalue weighted by atomic mass is 10.1. The van der Waals surface area contributed by atoms with Crippen LogP contribution < -0.4 is 20.1 Å². The predicted octanol–water partition coefficient (Wildman–Crippen LogP) is 11.2. The Kier molecular flexibility index (Phi) is 16.1. The van der Waals surface area contributed by atoms with E-state index in [2.05, 4.69) is 30.5 Å². The minimum Gasteiger partial charge on any atom is -0.486 e. The molecule has 1 aliphatic carbocycles. The Bertz CT molecular complexity index is 1770. The maximum Gasteiger partial charge on any atom is 0.303 e. The zero-order valence-electron chi connectivity index (χ0n) is 29.2. The number of carbonyl (C=O) groups is 2. The molecular weight excluding hydrogens is 746 g/mol. The number of hydrogen-bond donors (Lipinski definition) is 4. The Morgan fingerprint density at radius 2 is 1.15 bits per heavy atom. The maximum atomic E-state index is 10.7. The third-order valence-corrected chi connectivity index (χ3v) is 9.43. The SMILES string of the molecule is CCC(C)Nc1cccc(COc2c(Cl)cc(CCC(=O)O)cc2Cl)c1.O=C(O)CCc1cc(Cl)c(OCc2cccc(NCC3CC3)c2)c(Cl)c1. The van der Waals surface area contributed by atoms with Gasteiger partial charge < -0.3 is 30.3 Å². The van der Waals surface area contributed by atoms with Crippen molar-refractivity contribution < 1.29 is 29.3 Å². The summed E-state index contributed by atoms with van der Waals surface area (Å²) in [5, 5.41) is 26.0. The number of carboxylic acids is 2. The van der Waals surface area contributed by atoms with Gasteiger partial charge in [-0.2, -0.15) is 0 Å². The zero-order chi connectivity index (χ0) is 37.6. The number of aliphatic carboxylic acids is 2. The van der Waals surface area contributed by atoms with Gasteiger partial charge in [0.2, 0.25) is 0 Å². The van der Waals surface area contributed by atoms with Gasteiger partial charge in [-0.25, -0.2) is 0 Å². The zero-order valence-corrected chi connectivity index (χ0v) is 32.2. The highest BCUT2D eigenvalue weighted by Gasteiger charge is 2.20. The molecule has 4 aromatic carbocycles. The van der Waals surface area contributed by atoms with Crippen LogP contribution in [0.15, 0.2) is 72.8 Å². The number of anilines is 2. The fourth-order valence-corrected chi connectivity index (χ4v) is 6.38. The summed E-state index contributed by atoms with van der Waals surface area (Å²) in [5.74, 6) is -0.0696. The standard InChI is InChI=1S/C20H21Cl2NO3.C20H23Cl2NO3/c21-17-9-14(6-7-19(24)25)10-18(22)20(17)26-12-15-2-1-3-16(8-15)23-11-13-4-5-13;1-3-13(2)23-16-6-4-5-15(9-16)12-26-20-17(21)10-14(11-18(20)22)7-8-19(24)25/h1-3,8-10,13,23H,4-7,11-12H2,(H,24,25);4-6,9-11,13,23H,3,7-8,12H2,1-2H3,(H,24,25). The van der Waals surface area contributed by atoms with E-state index < -0.39 is 11.9 Å². The van der Waals surface area contributed by atoms with Crippen molar-refractivity contribution in [3.05, 3.63) is 115 Å². The quantitative estimate of drug-likeness (QED) is 0.0787. The summed E-state index contributed by atoms with van der Waals surface area (Å²) in [6.07, 6.45) is 4.49. The lowest BCUT2D eigenvalue weighted by Gasteiger charge is -2.15. The molecule has 278 valence electrons. The lowest BCUT2D eigenvalue weighted by Crippen LogP contribution is -2.13. The molecule has 1 aliphatic rings. The summed E-state index contributed by atoms with van der Waals surface area (Å²) in [4.78, 5) is 21.4. The van der Waals surface area contributed by atoms with E-state index in [4.69, 9.17) is 66.1 Å². The first-order valence-electron chi connectivity index (χ1n) is 17.2. The molecule has 5 rings (SSSR count). The summed E-state index contributed by atoms with van der Waals surface area (Å²) < 4.78 is 11.6. The molecule has 4 aromatic rings. The molecule has 1 atom stereocenters. The van der Waals surface area contributed by atoms with Crippen LogP contribution in [0.3, 0.4) is 0 Å². The predicted molar refractivity (Wildman–Crippen MR) is 211 cm³/mol. The molecule has 0 spiro atoms. The number of hydrogen-bond acceptors (Lipinski definition) is 6. The Morgan fingerprint density at radius 3 is 1.58 bits per heavy atom. The number of rotatable bonds is 18. The number of nitrogens with one attached hydrogen (secondary N) is 2. The van der Waals surface area contributed by atoms with Gasteiger partial charge in [0.1, 0.15) is 13.2 Å². The van der Waals surface area contributed by atoms with E-state index in [0.29, 0.717) is 63.7 Å². The number of carboxylic acid groups (broad SMARTS) is 2. The first-order chi connectivity index (χ1) is 24.9. The molecule has 0 saturated heterocycles. The second-order valence-electron chi connectivity index (χ2n) is 12.8. The van der Waals surface area contributed by atoms with Gasteiger partial charge in [-0.05, 0) is 116 Å². The summed E-state index contributed by atoms with van der Waals surface area (Å²) in [6.45, 7) is 5.97. The van der Waals surface area contributed by atoms with Crippen LogP contribution in [-0.4, -0.2) is 34.7 Å². The van der Waals surface area contributed by atoms with Gasteiger partial charge in [0.05, 0.1) is 20.1 Å². The first-order valence-corrected chi connectivity index (χ1v) is 18.7. The van der Waals surface area contributed by atoms with Crippen molar-refractivity contribution in [3.63, 3.8) is 0 Å². The van der Waals surface area contributed by atoms with Gasteiger partial charge in [0.15, 0.2) is 11.5 Å². The van der Waals surface area contributed by atoms with Crippen molar-refractivity contribution >= 4 is 69.7 Å². The van der Waals surface area contributed by atoms with Gasteiger partial charge >= 0.3 is 11.9 Å². The van der Waals surface area contributed by atoms with Crippen molar-refractivity contribution in [1.82, 2.24) is 0 Å². The number of ether oxygens (including phenoxy) is 2. The average molecular weight is 791 g/mol. The molecule has 0 bridgehead atoms. The molecule has 0 radical (unpaired) electrons. The minimum atomic E-state index is -0.858. The Balaban J connectivity index is 0.000000233. The largest absolute Gasteiger partial charge is 0.486 e. The van der Waals surface area contributed by atoms with E-state index in [1.807, 2.05) is 42.5 Å². The molecule has 1 saturated carbocycles. The van der Waals surface area contributed by atoms with Crippen LogP contribution in [0.4, 0.5) is 11.4 Å². The topological polar surface area (TPSA) is 117 Å². The highest BCUT2D eigenvalue weighted by molar-refractivity contribution is 6.37. The Labute approximate surface area is 325 Å². The number of benzene rings is 4. The van der Waals surface area contributed by atoms with Crippen molar-refractivity contribution in [2.75, 3.05) is 17.2 Å². The van der Waals surface area contributed by atoms with E-state index in [1.54, 1.807) is 24.3 Å². The number of halogens is 4. The normalized spacial score (nSPS) is 12.7. The van der Waals surface area contributed by atoms with Gasteiger partial charge in [0.25, 0.3) is 0 Å². The van der Waals surface area contributed by atoms with E-state index in [-0.39, 0.29) is 12.8 Å². The van der Waals surface area contributed by atoms with Gasteiger partial charge in [-0.1, -0.05) is 77.6 Å². The van der Waals surface area contributed by atoms with Crippen LogP contribution in [0.25, 0.3) is 0 Å². The lowest BCUT2D eigenvalue weighted by molar-refractivity contribution is -0.138. The van der Waals surface area contributed by atoms with E-state index in [9.17, 15) is 9.59 Å². The molecule has 1 unspecified atom stereocenters. The van der Waals surface area contributed by atoms with Gasteiger partial charge in [-0.3, -0.25) is 9.59 Å². The van der Waals surface area contributed by atoms with E-state index >= 15 is 0 Å². The third-order valence-electron chi connectivity index (χ3n) is 8.31. The molecular formula is C40H44Cl4N2O6.